The molecule has 2 nitrogen and oxygen atoms in total. The third-order valence-electron chi connectivity index (χ3n) is 6.31. The van der Waals surface area contributed by atoms with Crippen LogP contribution in [0.4, 0.5) is 8.78 Å². The minimum Gasteiger partial charge on any atom is -0.260 e. The number of benzene rings is 3. The highest BCUT2D eigenvalue weighted by Gasteiger charge is 2.24. The van der Waals surface area contributed by atoms with E-state index >= 15 is 0 Å². The molecule has 0 spiro atoms. The van der Waals surface area contributed by atoms with Gasteiger partial charge in [0.15, 0.2) is 0 Å². The maximum absolute atomic E-state index is 14.8. The van der Waals surface area contributed by atoms with Gasteiger partial charge >= 0.3 is 0 Å². The first kappa shape index (κ1) is 22.6. The van der Waals surface area contributed by atoms with Crippen molar-refractivity contribution in [3.63, 3.8) is 0 Å². The Morgan fingerprint density at radius 2 is 1.14 bits per heavy atom. The van der Waals surface area contributed by atoms with Crippen LogP contribution in [0.3, 0.4) is 0 Å². The fourth-order valence-corrected chi connectivity index (χ4v) is 4.33. The van der Waals surface area contributed by atoms with Gasteiger partial charge in [0.1, 0.15) is 11.6 Å². The van der Waals surface area contributed by atoms with Crippen molar-refractivity contribution >= 4 is 0 Å². The number of hydrogen-bond acceptors (Lipinski definition) is 2. The molecule has 5 aromatic rings. The first-order chi connectivity index (χ1) is 16.9. The zero-order valence-corrected chi connectivity index (χ0v) is 19.5. The molecule has 0 aliphatic heterocycles. The minimum atomic E-state index is -0.395. The predicted octanol–water partition coefficient (Wildman–Crippen LogP) is 8.08. The molecule has 0 saturated heterocycles. The molecular weight excluding hydrogens is 438 g/mol. The molecule has 0 N–H and O–H groups in total. The van der Waals surface area contributed by atoms with E-state index in [2.05, 4.69) is 35.9 Å². The van der Waals surface area contributed by atoms with E-state index < -0.39 is 5.82 Å². The van der Waals surface area contributed by atoms with E-state index in [-0.39, 0.29) is 11.2 Å². The fraction of sp³-hybridized carbons (Fsp3) is 0.0968. The first-order valence-electron chi connectivity index (χ1n) is 11.5. The van der Waals surface area contributed by atoms with Gasteiger partial charge in [0.25, 0.3) is 0 Å². The zero-order chi connectivity index (χ0) is 24.4. The molecule has 3 aromatic carbocycles. The monoisotopic (exact) mass is 462 g/mol. The molecule has 0 amide bonds. The minimum absolute atomic E-state index is 0.326. The van der Waals surface area contributed by atoms with Gasteiger partial charge in [-0.1, -0.05) is 50.2 Å². The lowest BCUT2D eigenvalue weighted by Gasteiger charge is -2.25. The Balaban J connectivity index is 1.57. The van der Waals surface area contributed by atoms with Crippen LogP contribution in [0.25, 0.3) is 33.5 Å². The predicted molar refractivity (Wildman–Crippen MR) is 137 cm³/mol. The van der Waals surface area contributed by atoms with Gasteiger partial charge in [0.2, 0.25) is 0 Å². The van der Waals surface area contributed by atoms with Crippen LogP contribution in [0.5, 0.6) is 0 Å². The molecular formula is C31H24F2N2. The molecule has 0 fully saturated rings. The summed E-state index contributed by atoms with van der Waals surface area (Å²) in [5.74, 6) is -0.774. The number of aromatic nitrogens is 2. The van der Waals surface area contributed by atoms with Crippen molar-refractivity contribution in [2.75, 3.05) is 0 Å². The third kappa shape index (κ3) is 4.73. The summed E-state index contributed by atoms with van der Waals surface area (Å²) in [4.78, 5) is 8.86. The topological polar surface area (TPSA) is 25.8 Å². The van der Waals surface area contributed by atoms with Gasteiger partial charge in [-0.3, -0.25) is 9.97 Å². The van der Waals surface area contributed by atoms with Crippen LogP contribution >= 0.6 is 0 Å². The number of nitrogens with zero attached hydrogens (tertiary/aromatic N) is 2. The van der Waals surface area contributed by atoms with E-state index in [1.54, 1.807) is 12.4 Å². The lowest BCUT2D eigenvalue weighted by atomic mass is 9.80. The average molecular weight is 463 g/mol. The van der Waals surface area contributed by atoms with Gasteiger partial charge in [0, 0.05) is 23.4 Å². The van der Waals surface area contributed by atoms with Gasteiger partial charge in [-0.2, -0.15) is 0 Å². The van der Waals surface area contributed by atoms with Crippen LogP contribution in [0.15, 0.2) is 109 Å². The molecule has 4 heteroatoms. The van der Waals surface area contributed by atoms with Crippen molar-refractivity contribution in [3.05, 3.63) is 132 Å². The zero-order valence-electron chi connectivity index (χ0n) is 19.5. The van der Waals surface area contributed by atoms with Crippen LogP contribution in [-0.2, 0) is 5.41 Å². The second kappa shape index (κ2) is 9.22. The summed E-state index contributed by atoms with van der Waals surface area (Å²) in [6.07, 6.45) is 3.46. The molecule has 0 saturated carbocycles. The quantitative estimate of drug-likeness (QED) is 0.264. The molecule has 0 unspecified atom stereocenters. The van der Waals surface area contributed by atoms with E-state index in [4.69, 9.17) is 0 Å². The molecule has 0 aliphatic rings. The van der Waals surface area contributed by atoms with E-state index in [1.807, 2.05) is 60.7 Å². The standard InChI is InChI=1S/C31H24F2N2/c1-31(2,30-11-4-6-13-35-30)26-9-7-8-21(16-26)22-14-23(18-27(32)17-22)24-15-25(20-28(33)19-24)29-10-3-5-12-34-29/h3-20H,1-2H3. The smallest absolute Gasteiger partial charge is 0.124 e. The van der Waals surface area contributed by atoms with Gasteiger partial charge in [-0.25, -0.2) is 8.78 Å². The summed E-state index contributed by atoms with van der Waals surface area (Å²) >= 11 is 0. The number of halogens is 2. The molecule has 0 atom stereocenters. The maximum atomic E-state index is 14.8. The lowest BCUT2D eigenvalue weighted by molar-refractivity contribution is 0.617. The summed E-state index contributed by atoms with van der Waals surface area (Å²) in [7, 11) is 0. The Kier molecular flexibility index (Phi) is 5.96. The van der Waals surface area contributed by atoms with Crippen molar-refractivity contribution in [2.24, 2.45) is 0 Å². The van der Waals surface area contributed by atoms with E-state index in [1.165, 1.54) is 24.3 Å². The molecule has 0 aliphatic carbocycles. The highest BCUT2D eigenvalue weighted by molar-refractivity contribution is 5.76. The third-order valence-corrected chi connectivity index (χ3v) is 6.31. The Morgan fingerprint density at radius 1 is 0.543 bits per heavy atom. The summed E-state index contributed by atoms with van der Waals surface area (Å²) in [5, 5.41) is 0. The second-order valence-corrected chi connectivity index (χ2v) is 9.09. The molecule has 5 rings (SSSR count). The molecule has 2 aromatic heterocycles. The van der Waals surface area contributed by atoms with E-state index in [0.29, 0.717) is 22.4 Å². The Bertz CT molecular complexity index is 1480. The first-order valence-corrected chi connectivity index (χ1v) is 11.5. The molecule has 35 heavy (non-hydrogen) atoms. The largest absolute Gasteiger partial charge is 0.260 e. The number of hydrogen-bond donors (Lipinski definition) is 0. The van der Waals surface area contributed by atoms with Crippen LogP contribution < -0.4 is 0 Å². The van der Waals surface area contributed by atoms with Crippen LogP contribution in [0.2, 0.25) is 0 Å². The van der Waals surface area contributed by atoms with Gasteiger partial charge < -0.3 is 0 Å². The van der Waals surface area contributed by atoms with Crippen molar-refractivity contribution in [3.8, 4) is 33.5 Å². The van der Waals surface area contributed by atoms with Crippen molar-refractivity contribution in [1.29, 1.82) is 0 Å². The summed E-state index contributed by atoms with van der Waals surface area (Å²) < 4.78 is 29.3. The van der Waals surface area contributed by atoms with E-state index in [9.17, 15) is 8.78 Å². The van der Waals surface area contributed by atoms with Crippen LogP contribution in [-0.4, -0.2) is 9.97 Å². The molecule has 2 heterocycles. The highest BCUT2D eigenvalue weighted by atomic mass is 19.1. The molecule has 172 valence electrons. The van der Waals surface area contributed by atoms with Crippen molar-refractivity contribution in [2.45, 2.75) is 19.3 Å². The van der Waals surface area contributed by atoms with Crippen molar-refractivity contribution < 1.29 is 8.78 Å². The van der Waals surface area contributed by atoms with Crippen LogP contribution in [0, 0.1) is 11.6 Å². The lowest BCUT2D eigenvalue weighted by Crippen LogP contribution is -2.20. The summed E-state index contributed by atoms with van der Waals surface area (Å²) in [6, 6.07) is 29.0. The maximum Gasteiger partial charge on any atom is 0.124 e. The molecule has 0 bridgehead atoms. The van der Waals surface area contributed by atoms with Gasteiger partial charge in [0.05, 0.1) is 11.4 Å². The van der Waals surface area contributed by atoms with E-state index in [0.717, 1.165) is 22.4 Å². The summed E-state index contributed by atoms with van der Waals surface area (Å²) in [6.45, 7) is 4.24. The van der Waals surface area contributed by atoms with Gasteiger partial charge in [-0.15, -0.1) is 0 Å². The molecule has 0 radical (unpaired) electrons. The Labute approximate surface area is 204 Å². The second-order valence-electron chi connectivity index (χ2n) is 9.09. The Hall–Kier alpha value is -4.18. The average Bonchev–Trinajstić information content (AvgIpc) is 2.89. The Morgan fingerprint density at radius 3 is 1.77 bits per heavy atom. The van der Waals surface area contributed by atoms with Crippen LogP contribution in [0.1, 0.15) is 25.1 Å². The normalized spacial score (nSPS) is 11.4. The number of rotatable bonds is 5. The van der Waals surface area contributed by atoms with Gasteiger partial charge in [-0.05, 0) is 88.5 Å². The fourth-order valence-electron chi connectivity index (χ4n) is 4.33. The SMILES string of the molecule is CC(C)(c1cccc(-c2cc(F)cc(-c3cc(F)cc(-c4ccccn4)c3)c2)c1)c1ccccn1. The summed E-state index contributed by atoms with van der Waals surface area (Å²) in [5.41, 5.74) is 5.81. The highest BCUT2D eigenvalue weighted by Crippen LogP contribution is 2.35. The number of pyridine rings is 2. The van der Waals surface area contributed by atoms with Crippen molar-refractivity contribution in [1.82, 2.24) is 9.97 Å².